The summed E-state index contributed by atoms with van der Waals surface area (Å²) in [6.07, 6.45) is -2.75. The second-order valence-electron chi connectivity index (χ2n) is 5.53. The minimum Gasteiger partial charge on any atom is -0.204 e. The molecule has 0 aliphatic heterocycles. The highest BCUT2D eigenvalue weighted by Gasteiger charge is 2.47. The molecule has 0 saturated heterocycles. The van der Waals surface area contributed by atoms with Crippen molar-refractivity contribution in [1.82, 2.24) is 0 Å². The van der Waals surface area contributed by atoms with Gasteiger partial charge in [-0.3, -0.25) is 0 Å². The minimum absolute atomic E-state index is 0.0292. The molecule has 0 amide bonds. The third-order valence-corrected chi connectivity index (χ3v) is 4.63. The zero-order valence-corrected chi connectivity index (χ0v) is 12.0. The van der Waals surface area contributed by atoms with Gasteiger partial charge in [-0.25, -0.2) is 8.78 Å². The Hall–Kier alpha value is -0.840. The van der Waals surface area contributed by atoms with Crippen LogP contribution in [0.15, 0.2) is 18.2 Å². The highest BCUT2D eigenvalue weighted by Crippen LogP contribution is 2.44. The average Bonchev–Trinajstić information content (AvgIpc) is 2.43. The molecule has 0 bridgehead atoms. The molecule has 0 spiro atoms. The lowest BCUT2D eigenvalue weighted by Crippen LogP contribution is -2.38. The summed E-state index contributed by atoms with van der Waals surface area (Å²) >= 11 is 6.13. The Kier molecular flexibility index (Phi) is 5.12. The van der Waals surface area contributed by atoms with Gasteiger partial charge in [-0.15, -0.1) is 11.6 Å². The molecule has 1 aromatic rings. The summed E-state index contributed by atoms with van der Waals surface area (Å²) in [5.74, 6) is -4.23. The molecular weight excluding hydrogens is 311 g/mol. The Labute approximate surface area is 125 Å². The van der Waals surface area contributed by atoms with Crippen molar-refractivity contribution < 1.29 is 22.0 Å². The first-order valence-electron chi connectivity index (χ1n) is 6.94. The van der Waals surface area contributed by atoms with E-state index in [1.54, 1.807) is 0 Å². The normalized spacial score (nSPS) is 24.9. The first kappa shape index (κ1) is 16.5. The highest BCUT2D eigenvalue weighted by molar-refractivity contribution is 6.21. The smallest absolute Gasteiger partial charge is 0.204 e. The summed E-state index contributed by atoms with van der Waals surface area (Å²) in [7, 11) is 0. The molecule has 0 N–H and O–H groups in total. The molecule has 0 aromatic heterocycles. The van der Waals surface area contributed by atoms with Crippen LogP contribution in [0, 0.1) is 23.5 Å². The van der Waals surface area contributed by atoms with Crippen LogP contribution < -0.4 is 0 Å². The van der Waals surface area contributed by atoms with Crippen molar-refractivity contribution >= 4 is 11.6 Å². The zero-order chi connectivity index (χ0) is 15.6. The Bertz CT molecular complexity index is 485. The van der Waals surface area contributed by atoms with E-state index in [2.05, 4.69) is 0 Å². The number of hydrogen-bond acceptors (Lipinski definition) is 0. The third-order valence-electron chi connectivity index (χ3n) is 4.15. The summed E-state index contributed by atoms with van der Waals surface area (Å²) < 4.78 is 65.9. The number of rotatable bonds is 3. The van der Waals surface area contributed by atoms with Crippen molar-refractivity contribution in [2.45, 2.75) is 43.7 Å². The molecule has 1 aromatic carbocycles. The summed E-state index contributed by atoms with van der Waals surface area (Å²) in [5.41, 5.74) is 0.0292. The van der Waals surface area contributed by atoms with Crippen molar-refractivity contribution in [3.63, 3.8) is 0 Å². The van der Waals surface area contributed by atoms with E-state index in [0.29, 0.717) is 19.3 Å². The summed E-state index contributed by atoms with van der Waals surface area (Å²) in [4.78, 5) is 0. The molecule has 3 atom stereocenters. The fourth-order valence-electron chi connectivity index (χ4n) is 3.07. The molecule has 118 valence electrons. The highest BCUT2D eigenvalue weighted by atomic mass is 35.5. The van der Waals surface area contributed by atoms with E-state index in [-0.39, 0.29) is 18.4 Å². The minimum atomic E-state index is -4.29. The van der Waals surface area contributed by atoms with Gasteiger partial charge in [-0.2, -0.15) is 13.2 Å². The molecule has 1 fully saturated rings. The van der Waals surface area contributed by atoms with Crippen LogP contribution in [0.4, 0.5) is 22.0 Å². The molecule has 0 nitrogen and oxygen atoms in total. The molecule has 0 heterocycles. The van der Waals surface area contributed by atoms with Crippen molar-refractivity contribution in [1.29, 1.82) is 0 Å². The third kappa shape index (κ3) is 3.87. The monoisotopic (exact) mass is 326 g/mol. The van der Waals surface area contributed by atoms with Gasteiger partial charge in [0.15, 0.2) is 11.6 Å². The lowest BCUT2D eigenvalue weighted by atomic mass is 9.75. The SMILES string of the molecule is Fc1cccc(CC(Cl)C2CCCCC2C(F)(F)F)c1F. The molecular formula is C15H16ClF5. The fraction of sp³-hybridized carbons (Fsp3) is 0.600. The fourth-order valence-corrected chi connectivity index (χ4v) is 3.53. The van der Waals surface area contributed by atoms with Gasteiger partial charge < -0.3 is 0 Å². The van der Waals surface area contributed by atoms with Crippen molar-refractivity contribution in [3.05, 3.63) is 35.4 Å². The van der Waals surface area contributed by atoms with Crippen LogP contribution in [0.2, 0.25) is 0 Å². The molecule has 3 unspecified atom stereocenters. The molecule has 1 aliphatic carbocycles. The summed E-state index contributed by atoms with van der Waals surface area (Å²) in [6, 6.07) is 3.67. The van der Waals surface area contributed by atoms with Crippen LogP contribution in [-0.2, 0) is 6.42 Å². The Morgan fingerprint density at radius 1 is 1.14 bits per heavy atom. The van der Waals surface area contributed by atoms with Crippen molar-refractivity contribution in [3.8, 4) is 0 Å². The van der Waals surface area contributed by atoms with E-state index in [1.807, 2.05) is 0 Å². The molecule has 6 heteroatoms. The topological polar surface area (TPSA) is 0 Å². The van der Waals surface area contributed by atoms with Gasteiger partial charge >= 0.3 is 6.18 Å². The quantitative estimate of drug-likeness (QED) is 0.509. The predicted molar refractivity (Wildman–Crippen MR) is 71.2 cm³/mol. The van der Waals surface area contributed by atoms with Crippen LogP contribution in [0.25, 0.3) is 0 Å². The van der Waals surface area contributed by atoms with Gasteiger partial charge in [0.05, 0.1) is 5.92 Å². The molecule has 21 heavy (non-hydrogen) atoms. The standard InChI is InChI=1S/C15H16ClF5/c16-12(8-9-4-3-7-13(17)14(9)18)10-5-1-2-6-11(10)15(19,20)21/h3-4,7,10-12H,1-2,5-6,8H2. The van der Waals surface area contributed by atoms with Crippen molar-refractivity contribution in [2.24, 2.45) is 11.8 Å². The first-order valence-corrected chi connectivity index (χ1v) is 7.38. The van der Waals surface area contributed by atoms with Gasteiger partial charge in [-0.1, -0.05) is 25.0 Å². The van der Waals surface area contributed by atoms with E-state index in [1.165, 1.54) is 12.1 Å². The number of hydrogen-bond donors (Lipinski definition) is 0. The van der Waals surface area contributed by atoms with Gasteiger partial charge in [-0.05, 0) is 36.8 Å². The number of alkyl halides is 4. The molecule has 1 aliphatic rings. The Morgan fingerprint density at radius 2 is 1.81 bits per heavy atom. The number of benzene rings is 1. The lowest BCUT2D eigenvalue weighted by molar-refractivity contribution is -0.196. The summed E-state index contributed by atoms with van der Waals surface area (Å²) in [6.45, 7) is 0. The average molecular weight is 327 g/mol. The first-order chi connectivity index (χ1) is 9.80. The lowest BCUT2D eigenvalue weighted by Gasteiger charge is -2.35. The Morgan fingerprint density at radius 3 is 2.48 bits per heavy atom. The maximum absolute atomic E-state index is 13.6. The molecule has 2 rings (SSSR count). The maximum atomic E-state index is 13.6. The van der Waals surface area contributed by atoms with E-state index in [0.717, 1.165) is 6.07 Å². The molecule has 0 radical (unpaired) electrons. The van der Waals surface area contributed by atoms with Crippen molar-refractivity contribution in [2.75, 3.05) is 0 Å². The van der Waals surface area contributed by atoms with Gasteiger partial charge in [0.2, 0.25) is 0 Å². The van der Waals surface area contributed by atoms with Crippen LogP contribution in [0.5, 0.6) is 0 Å². The van der Waals surface area contributed by atoms with E-state index in [9.17, 15) is 22.0 Å². The largest absolute Gasteiger partial charge is 0.392 e. The van der Waals surface area contributed by atoms with E-state index >= 15 is 0 Å². The van der Waals surface area contributed by atoms with Crippen LogP contribution in [0.3, 0.4) is 0 Å². The second-order valence-corrected chi connectivity index (χ2v) is 6.09. The summed E-state index contributed by atoms with van der Waals surface area (Å²) in [5, 5.41) is -0.853. The Balaban J connectivity index is 2.14. The van der Waals surface area contributed by atoms with Gasteiger partial charge in [0.1, 0.15) is 0 Å². The van der Waals surface area contributed by atoms with Gasteiger partial charge in [0, 0.05) is 5.38 Å². The van der Waals surface area contributed by atoms with E-state index in [4.69, 9.17) is 11.6 Å². The second kappa shape index (κ2) is 6.51. The molecule has 1 saturated carbocycles. The van der Waals surface area contributed by atoms with Crippen LogP contribution in [0.1, 0.15) is 31.2 Å². The maximum Gasteiger partial charge on any atom is 0.392 e. The van der Waals surface area contributed by atoms with Crippen LogP contribution in [-0.4, -0.2) is 11.6 Å². The van der Waals surface area contributed by atoms with Gasteiger partial charge in [0.25, 0.3) is 0 Å². The predicted octanol–water partition coefficient (Wildman–Crippen LogP) is 5.48. The van der Waals surface area contributed by atoms with E-state index < -0.39 is 35.0 Å². The van der Waals surface area contributed by atoms with Crippen LogP contribution >= 0.6 is 11.6 Å². The zero-order valence-electron chi connectivity index (χ0n) is 11.3. The number of halogens is 6.